The van der Waals surface area contributed by atoms with Gasteiger partial charge >= 0.3 is 0 Å². The van der Waals surface area contributed by atoms with Crippen LogP contribution in [-0.2, 0) is 16.1 Å². The molecule has 1 saturated carbocycles. The molecule has 4 rings (SSSR count). The maximum Gasteiger partial charge on any atom is 0.262 e. The molecule has 8 heteroatoms. The van der Waals surface area contributed by atoms with Crippen LogP contribution in [0.1, 0.15) is 19.3 Å². The Kier molecular flexibility index (Phi) is 4.72. The molecular formula is C19H18N4O3S. The largest absolute Gasteiger partial charge is 0.326 e. The second-order valence-corrected chi connectivity index (χ2v) is 7.42. The first-order valence-corrected chi connectivity index (χ1v) is 9.61. The summed E-state index contributed by atoms with van der Waals surface area (Å²) in [5, 5.41) is 8.05. The lowest BCUT2D eigenvalue weighted by Gasteiger charge is -2.09. The number of aryl methyl sites for hydroxylation is 1. The second-order valence-electron chi connectivity index (χ2n) is 6.53. The van der Waals surface area contributed by atoms with E-state index in [0.29, 0.717) is 21.6 Å². The van der Waals surface area contributed by atoms with Gasteiger partial charge in [0.25, 0.3) is 5.56 Å². The third-order valence-corrected chi connectivity index (χ3v) is 5.21. The number of thiophene rings is 1. The maximum absolute atomic E-state index is 12.3. The van der Waals surface area contributed by atoms with Gasteiger partial charge in [-0.25, -0.2) is 4.98 Å². The van der Waals surface area contributed by atoms with E-state index in [-0.39, 0.29) is 36.3 Å². The molecule has 27 heavy (non-hydrogen) atoms. The van der Waals surface area contributed by atoms with Crippen LogP contribution in [-0.4, -0.2) is 21.4 Å². The summed E-state index contributed by atoms with van der Waals surface area (Å²) in [5.41, 5.74) is 1.12. The monoisotopic (exact) mass is 382 g/mol. The maximum atomic E-state index is 12.3. The highest BCUT2D eigenvalue weighted by Crippen LogP contribution is 2.30. The molecular weight excluding hydrogens is 364 g/mol. The summed E-state index contributed by atoms with van der Waals surface area (Å²) in [7, 11) is 0. The fourth-order valence-electron chi connectivity index (χ4n) is 2.76. The van der Waals surface area contributed by atoms with E-state index < -0.39 is 0 Å². The summed E-state index contributed by atoms with van der Waals surface area (Å²) in [5.74, 6) is -0.0668. The van der Waals surface area contributed by atoms with Gasteiger partial charge in [-0.15, -0.1) is 11.3 Å². The quantitative estimate of drug-likeness (QED) is 0.686. The van der Waals surface area contributed by atoms with Crippen molar-refractivity contribution in [2.24, 2.45) is 5.92 Å². The highest BCUT2D eigenvalue weighted by atomic mass is 32.1. The number of carbonyl (C=O) groups is 2. The molecule has 2 amide bonds. The van der Waals surface area contributed by atoms with Crippen molar-refractivity contribution in [2.75, 3.05) is 10.6 Å². The standard InChI is InChI=1S/C19H18N4O3S/c24-16(6-8-23-11-20-18-15(19(23)26)7-9-27-18)21-13-2-1-3-14(10-13)22-17(25)12-4-5-12/h1-3,7,9-12H,4-6,8H2,(H,21,24)(H,22,25). The van der Waals surface area contributed by atoms with Crippen molar-refractivity contribution >= 4 is 44.7 Å². The van der Waals surface area contributed by atoms with E-state index in [1.807, 2.05) is 5.38 Å². The summed E-state index contributed by atoms with van der Waals surface area (Å²) < 4.78 is 1.45. The number of nitrogens with zero attached hydrogens (tertiary/aromatic N) is 2. The van der Waals surface area contributed by atoms with Crippen LogP contribution < -0.4 is 16.2 Å². The summed E-state index contributed by atoms with van der Waals surface area (Å²) in [6, 6.07) is 8.79. The van der Waals surface area contributed by atoms with Crippen LogP contribution in [0.3, 0.4) is 0 Å². The molecule has 0 aliphatic heterocycles. The van der Waals surface area contributed by atoms with Crippen molar-refractivity contribution in [3.05, 3.63) is 52.4 Å². The van der Waals surface area contributed by atoms with Gasteiger partial charge in [0, 0.05) is 30.3 Å². The SMILES string of the molecule is O=C(CCn1cnc2sccc2c1=O)Nc1cccc(NC(=O)C2CC2)c1. The Bertz CT molecular complexity index is 1070. The molecule has 1 fully saturated rings. The molecule has 0 saturated heterocycles. The summed E-state index contributed by atoms with van der Waals surface area (Å²) in [4.78, 5) is 41.3. The molecule has 0 spiro atoms. The Labute approximate surface area is 159 Å². The highest BCUT2D eigenvalue weighted by molar-refractivity contribution is 7.16. The molecule has 2 aromatic heterocycles. The minimum absolute atomic E-state index is 0.0224. The van der Waals surface area contributed by atoms with Crippen LogP contribution >= 0.6 is 11.3 Å². The van der Waals surface area contributed by atoms with Crippen molar-refractivity contribution in [3.8, 4) is 0 Å². The molecule has 7 nitrogen and oxygen atoms in total. The number of benzene rings is 1. The minimum Gasteiger partial charge on any atom is -0.326 e. The Morgan fingerprint density at radius 2 is 1.96 bits per heavy atom. The average molecular weight is 382 g/mol. The number of fused-ring (bicyclic) bond motifs is 1. The zero-order valence-corrected chi connectivity index (χ0v) is 15.3. The van der Waals surface area contributed by atoms with Crippen LogP contribution in [0.15, 0.2) is 46.8 Å². The fourth-order valence-corrected chi connectivity index (χ4v) is 3.49. The van der Waals surface area contributed by atoms with E-state index in [1.54, 1.807) is 30.3 Å². The number of aromatic nitrogens is 2. The smallest absolute Gasteiger partial charge is 0.262 e. The lowest BCUT2D eigenvalue weighted by molar-refractivity contribution is -0.117. The van der Waals surface area contributed by atoms with Crippen LogP contribution in [0.25, 0.3) is 10.2 Å². The fraction of sp³-hybridized carbons (Fsp3) is 0.263. The molecule has 0 bridgehead atoms. The Morgan fingerprint density at radius 1 is 1.19 bits per heavy atom. The topological polar surface area (TPSA) is 93.1 Å². The van der Waals surface area contributed by atoms with E-state index in [0.717, 1.165) is 12.8 Å². The predicted molar refractivity (Wildman–Crippen MR) is 105 cm³/mol. The minimum atomic E-state index is -0.210. The van der Waals surface area contributed by atoms with Crippen molar-refractivity contribution < 1.29 is 9.59 Å². The zero-order chi connectivity index (χ0) is 18.8. The molecule has 0 atom stereocenters. The summed E-state index contributed by atoms with van der Waals surface area (Å²) in [6.45, 7) is 0.252. The Morgan fingerprint density at radius 3 is 2.74 bits per heavy atom. The lowest BCUT2D eigenvalue weighted by Crippen LogP contribution is -2.23. The molecule has 3 aromatic rings. The van der Waals surface area contributed by atoms with Gasteiger partial charge in [-0.2, -0.15) is 0 Å². The lowest BCUT2D eigenvalue weighted by atomic mass is 10.2. The summed E-state index contributed by atoms with van der Waals surface area (Å²) >= 11 is 1.41. The Hall–Kier alpha value is -3.00. The van der Waals surface area contributed by atoms with Crippen LogP contribution in [0.2, 0.25) is 0 Å². The van der Waals surface area contributed by atoms with E-state index >= 15 is 0 Å². The van der Waals surface area contributed by atoms with Gasteiger partial charge in [0.05, 0.1) is 11.7 Å². The molecule has 0 radical (unpaired) electrons. The van der Waals surface area contributed by atoms with Crippen LogP contribution in [0.4, 0.5) is 11.4 Å². The van der Waals surface area contributed by atoms with Crippen molar-refractivity contribution in [3.63, 3.8) is 0 Å². The van der Waals surface area contributed by atoms with Gasteiger partial charge in [0.2, 0.25) is 11.8 Å². The van der Waals surface area contributed by atoms with Gasteiger partial charge in [-0.1, -0.05) is 6.07 Å². The number of carbonyl (C=O) groups excluding carboxylic acids is 2. The van der Waals surface area contributed by atoms with Crippen molar-refractivity contribution in [1.29, 1.82) is 0 Å². The van der Waals surface area contributed by atoms with Gasteiger partial charge in [-0.05, 0) is 42.5 Å². The van der Waals surface area contributed by atoms with Gasteiger partial charge in [-0.3, -0.25) is 19.0 Å². The predicted octanol–water partition coefficient (Wildman–Crippen LogP) is 2.84. The van der Waals surface area contributed by atoms with E-state index in [1.165, 1.54) is 22.2 Å². The molecule has 1 aliphatic rings. The molecule has 1 aliphatic carbocycles. The first-order chi connectivity index (χ1) is 13.1. The Balaban J connectivity index is 1.36. The van der Waals surface area contributed by atoms with Crippen molar-refractivity contribution in [2.45, 2.75) is 25.8 Å². The number of hydrogen-bond donors (Lipinski definition) is 2. The van der Waals surface area contributed by atoms with Gasteiger partial charge in [0.15, 0.2) is 0 Å². The molecule has 2 heterocycles. The number of nitrogens with one attached hydrogen (secondary N) is 2. The third kappa shape index (κ3) is 4.06. The summed E-state index contributed by atoms with van der Waals surface area (Å²) in [6.07, 6.45) is 3.50. The highest BCUT2D eigenvalue weighted by Gasteiger charge is 2.29. The van der Waals surface area contributed by atoms with E-state index in [9.17, 15) is 14.4 Å². The zero-order valence-electron chi connectivity index (χ0n) is 14.5. The molecule has 138 valence electrons. The number of hydrogen-bond acceptors (Lipinski definition) is 5. The number of amides is 2. The van der Waals surface area contributed by atoms with Crippen LogP contribution in [0, 0.1) is 5.92 Å². The number of rotatable bonds is 6. The molecule has 0 unspecified atom stereocenters. The average Bonchev–Trinajstić information content (AvgIpc) is 3.39. The van der Waals surface area contributed by atoms with Crippen LogP contribution in [0.5, 0.6) is 0 Å². The van der Waals surface area contributed by atoms with Crippen molar-refractivity contribution in [1.82, 2.24) is 9.55 Å². The normalized spacial score (nSPS) is 13.5. The molecule has 2 N–H and O–H groups in total. The number of anilines is 2. The second kappa shape index (κ2) is 7.32. The van der Waals surface area contributed by atoms with Gasteiger partial charge in [0.1, 0.15) is 4.83 Å². The van der Waals surface area contributed by atoms with E-state index in [2.05, 4.69) is 15.6 Å². The first-order valence-electron chi connectivity index (χ1n) is 8.73. The first kappa shape index (κ1) is 17.4. The third-order valence-electron chi connectivity index (χ3n) is 4.39. The molecule has 1 aromatic carbocycles. The van der Waals surface area contributed by atoms with E-state index in [4.69, 9.17) is 0 Å². The van der Waals surface area contributed by atoms with Gasteiger partial charge < -0.3 is 10.6 Å².